The Bertz CT molecular complexity index is 742. The van der Waals surface area contributed by atoms with Crippen molar-refractivity contribution in [1.82, 2.24) is 19.8 Å². The number of imidazole rings is 1. The van der Waals surface area contributed by atoms with E-state index in [1.807, 2.05) is 30.9 Å². The third-order valence-electron chi connectivity index (χ3n) is 5.15. The van der Waals surface area contributed by atoms with E-state index in [1.165, 1.54) is 18.4 Å². The number of nitrogens with one attached hydrogen (secondary N) is 1. The molecule has 0 radical (unpaired) electrons. The molecule has 150 valence electrons. The fourth-order valence-corrected chi connectivity index (χ4v) is 3.74. The molecule has 6 heteroatoms. The maximum atomic E-state index is 5.76. The molecule has 0 bridgehead atoms. The van der Waals surface area contributed by atoms with Crippen molar-refractivity contribution in [2.24, 2.45) is 5.92 Å². The van der Waals surface area contributed by atoms with Gasteiger partial charge >= 0.3 is 0 Å². The Hall–Kier alpha value is -2.34. The Labute approximate surface area is 173 Å². The summed E-state index contributed by atoms with van der Waals surface area (Å²) in [6, 6.07) is 8.11. The third-order valence-corrected chi connectivity index (χ3v) is 5.55. The normalized spacial score (nSPS) is 16.0. The molecule has 3 rings (SSSR count). The molecule has 1 heterocycles. The number of thiocarbonyl (C=S) groups is 1. The lowest BCUT2D eigenvalue weighted by molar-refractivity contribution is 0.309. The minimum absolute atomic E-state index is 0.680. The van der Waals surface area contributed by atoms with Crippen LogP contribution in [0, 0.1) is 5.92 Å². The van der Waals surface area contributed by atoms with Crippen LogP contribution in [-0.2, 0) is 13.1 Å². The van der Waals surface area contributed by atoms with Gasteiger partial charge < -0.3 is 19.5 Å². The molecular formula is C22H30N4OS. The Kier molecular flexibility index (Phi) is 7.91. The molecule has 0 amide bonds. The van der Waals surface area contributed by atoms with Crippen LogP contribution in [0.2, 0.25) is 0 Å². The van der Waals surface area contributed by atoms with Gasteiger partial charge in [0.2, 0.25) is 0 Å². The van der Waals surface area contributed by atoms with Crippen molar-refractivity contribution in [3.8, 4) is 5.75 Å². The number of rotatable bonds is 9. The van der Waals surface area contributed by atoms with Gasteiger partial charge in [-0.2, -0.15) is 0 Å². The van der Waals surface area contributed by atoms with Gasteiger partial charge in [0.15, 0.2) is 5.11 Å². The fraction of sp³-hybridized carbons (Fsp3) is 0.455. The van der Waals surface area contributed by atoms with E-state index in [-0.39, 0.29) is 0 Å². The Balaban J connectivity index is 1.53. The first kappa shape index (κ1) is 20.4. The predicted molar refractivity (Wildman–Crippen MR) is 117 cm³/mol. The molecule has 0 fully saturated rings. The van der Waals surface area contributed by atoms with E-state index < -0.39 is 0 Å². The van der Waals surface area contributed by atoms with E-state index in [2.05, 4.69) is 44.1 Å². The van der Waals surface area contributed by atoms with Gasteiger partial charge in [0.05, 0.1) is 13.4 Å². The summed E-state index contributed by atoms with van der Waals surface area (Å²) < 4.78 is 7.35. The zero-order valence-corrected chi connectivity index (χ0v) is 17.4. The van der Waals surface area contributed by atoms with E-state index in [1.54, 1.807) is 7.11 Å². The Morgan fingerprint density at radius 3 is 2.86 bits per heavy atom. The largest absolute Gasteiger partial charge is 0.497 e. The number of hydrogen-bond acceptors (Lipinski definition) is 3. The molecule has 0 saturated carbocycles. The van der Waals surface area contributed by atoms with Crippen molar-refractivity contribution < 1.29 is 4.74 Å². The van der Waals surface area contributed by atoms with Gasteiger partial charge in [-0.25, -0.2) is 4.98 Å². The standard InChI is InChI=1S/C22H30N4OS/c1-27-21-10-8-19(9-11-21)16-24-22(28)26(17-20-6-3-2-4-7-20)14-5-13-25-15-12-23-18-25/h2-3,8-12,15,18,20H,4-7,13-14,16-17H2,1H3,(H,24,28). The second kappa shape index (κ2) is 10.9. The van der Waals surface area contributed by atoms with Crippen LogP contribution in [0.15, 0.2) is 55.1 Å². The Morgan fingerprint density at radius 1 is 1.32 bits per heavy atom. The predicted octanol–water partition coefficient (Wildman–Crippen LogP) is 4.01. The van der Waals surface area contributed by atoms with Crippen LogP contribution in [0.3, 0.4) is 0 Å². The highest BCUT2D eigenvalue weighted by Crippen LogP contribution is 2.20. The molecule has 1 unspecified atom stereocenters. The smallest absolute Gasteiger partial charge is 0.169 e. The lowest BCUT2D eigenvalue weighted by atomic mass is 9.94. The second-order valence-corrected chi connectivity index (χ2v) is 7.64. The second-order valence-electron chi connectivity index (χ2n) is 7.26. The zero-order chi connectivity index (χ0) is 19.6. The van der Waals surface area contributed by atoms with E-state index in [9.17, 15) is 0 Å². The molecule has 1 aliphatic carbocycles. The highest BCUT2D eigenvalue weighted by atomic mass is 32.1. The van der Waals surface area contributed by atoms with E-state index >= 15 is 0 Å². The molecule has 1 aliphatic rings. The number of ether oxygens (including phenoxy) is 1. The van der Waals surface area contributed by atoms with Crippen LogP contribution in [0.4, 0.5) is 0 Å². The molecule has 0 saturated heterocycles. The number of methoxy groups -OCH3 is 1. The molecule has 28 heavy (non-hydrogen) atoms. The summed E-state index contributed by atoms with van der Waals surface area (Å²) in [6.07, 6.45) is 14.9. The number of hydrogen-bond donors (Lipinski definition) is 1. The topological polar surface area (TPSA) is 42.3 Å². The molecule has 1 N–H and O–H groups in total. The van der Waals surface area contributed by atoms with E-state index in [4.69, 9.17) is 17.0 Å². The lowest BCUT2D eigenvalue weighted by Gasteiger charge is -2.31. The summed E-state index contributed by atoms with van der Waals surface area (Å²) in [4.78, 5) is 6.47. The highest BCUT2D eigenvalue weighted by molar-refractivity contribution is 7.80. The van der Waals surface area contributed by atoms with Crippen molar-refractivity contribution >= 4 is 17.3 Å². The van der Waals surface area contributed by atoms with Gasteiger partial charge in [-0.05, 0) is 61.5 Å². The van der Waals surface area contributed by atoms with Gasteiger partial charge in [0.1, 0.15) is 5.75 Å². The fourth-order valence-electron chi connectivity index (χ4n) is 3.51. The van der Waals surface area contributed by atoms with Crippen LogP contribution >= 0.6 is 12.2 Å². The summed E-state index contributed by atoms with van der Waals surface area (Å²) in [5.74, 6) is 1.55. The first-order valence-corrected chi connectivity index (χ1v) is 10.4. The van der Waals surface area contributed by atoms with Gasteiger partial charge in [-0.1, -0.05) is 24.3 Å². The molecule has 0 aliphatic heterocycles. The van der Waals surface area contributed by atoms with Crippen LogP contribution in [0.1, 0.15) is 31.2 Å². The summed E-state index contributed by atoms with van der Waals surface area (Å²) in [6.45, 7) is 3.66. The number of nitrogens with zero attached hydrogens (tertiary/aromatic N) is 3. The first-order chi connectivity index (χ1) is 13.7. The molecular weight excluding hydrogens is 368 g/mol. The SMILES string of the molecule is COc1ccc(CNC(=S)N(CCCn2ccnc2)CC2CC=CCC2)cc1. The van der Waals surface area contributed by atoms with Crippen molar-refractivity contribution in [3.05, 3.63) is 60.7 Å². The van der Waals surface area contributed by atoms with Crippen LogP contribution < -0.4 is 10.1 Å². The van der Waals surface area contributed by atoms with Crippen LogP contribution in [-0.4, -0.2) is 39.8 Å². The minimum atomic E-state index is 0.680. The van der Waals surface area contributed by atoms with E-state index in [0.29, 0.717) is 5.92 Å². The average molecular weight is 399 g/mol. The maximum absolute atomic E-state index is 5.76. The van der Waals surface area contributed by atoms with Crippen molar-refractivity contribution in [1.29, 1.82) is 0 Å². The monoisotopic (exact) mass is 398 g/mol. The lowest BCUT2D eigenvalue weighted by Crippen LogP contribution is -2.43. The van der Waals surface area contributed by atoms with Crippen molar-refractivity contribution in [3.63, 3.8) is 0 Å². The highest BCUT2D eigenvalue weighted by Gasteiger charge is 2.17. The van der Waals surface area contributed by atoms with Crippen molar-refractivity contribution in [2.75, 3.05) is 20.2 Å². The average Bonchev–Trinajstić information content (AvgIpc) is 3.26. The van der Waals surface area contributed by atoms with Gasteiger partial charge in [-0.3, -0.25) is 0 Å². The summed E-state index contributed by atoms with van der Waals surface area (Å²) in [5.41, 5.74) is 1.20. The first-order valence-electron chi connectivity index (χ1n) is 10.0. The number of aromatic nitrogens is 2. The van der Waals surface area contributed by atoms with Crippen LogP contribution in [0.25, 0.3) is 0 Å². The van der Waals surface area contributed by atoms with Gasteiger partial charge in [-0.15, -0.1) is 0 Å². The summed E-state index contributed by atoms with van der Waals surface area (Å²) in [7, 11) is 1.69. The maximum Gasteiger partial charge on any atom is 0.169 e. The number of allylic oxidation sites excluding steroid dienone is 2. The third kappa shape index (κ3) is 6.37. The Morgan fingerprint density at radius 2 is 2.18 bits per heavy atom. The summed E-state index contributed by atoms with van der Waals surface area (Å²) >= 11 is 5.76. The van der Waals surface area contributed by atoms with Crippen molar-refractivity contribution in [2.45, 2.75) is 38.8 Å². The van der Waals surface area contributed by atoms with E-state index in [0.717, 1.165) is 49.9 Å². The molecule has 5 nitrogen and oxygen atoms in total. The molecule has 2 aromatic rings. The quantitative estimate of drug-likeness (QED) is 0.511. The molecule has 1 aromatic heterocycles. The molecule has 0 spiro atoms. The minimum Gasteiger partial charge on any atom is -0.497 e. The zero-order valence-electron chi connectivity index (χ0n) is 16.6. The van der Waals surface area contributed by atoms with Gasteiger partial charge in [0.25, 0.3) is 0 Å². The molecule has 1 atom stereocenters. The summed E-state index contributed by atoms with van der Waals surface area (Å²) in [5, 5.41) is 4.29. The van der Waals surface area contributed by atoms with Crippen LogP contribution in [0.5, 0.6) is 5.75 Å². The molecule has 1 aromatic carbocycles. The van der Waals surface area contributed by atoms with Gasteiger partial charge in [0, 0.05) is 38.6 Å². The number of benzene rings is 1. The number of aryl methyl sites for hydroxylation is 1.